The Kier molecular flexibility index (Phi) is 6.08. The second-order valence-corrected chi connectivity index (χ2v) is 8.34. The van der Waals surface area contributed by atoms with Crippen LogP contribution in [0.3, 0.4) is 0 Å². The van der Waals surface area contributed by atoms with Crippen molar-refractivity contribution in [2.75, 3.05) is 26.3 Å². The van der Waals surface area contributed by atoms with Crippen molar-refractivity contribution in [2.24, 2.45) is 0 Å². The molecule has 170 valence electrons. The van der Waals surface area contributed by atoms with Crippen molar-refractivity contribution in [1.29, 1.82) is 0 Å². The Bertz CT molecular complexity index is 1200. The molecule has 0 atom stereocenters. The fourth-order valence-corrected chi connectivity index (χ4v) is 4.24. The number of nitrogens with zero attached hydrogens (tertiary/aromatic N) is 4. The third kappa shape index (κ3) is 4.16. The number of fused-ring (bicyclic) bond motifs is 1. The highest BCUT2D eigenvalue weighted by atomic mass is 35.5. The lowest BCUT2D eigenvalue weighted by Crippen LogP contribution is -2.40. The highest BCUT2D eigenvalue weighted by molar-refractivity contribution is 6.38. The molecule has 4 rings (SSSR count). The van der Waals surface area contributed by atoms with E-state index in [1.807, 2.05) is 0 Å². The molecule has 1 amide bonds. The highest BCUT2D eigenvalue weighted by Crippen LogP contribution is 2.33. The lowest BCUT2D eigenvalue weighted by molar-refractivity contribution is -0.141. The van der Waals surface area contributed by atoms with Gasteiger partial charge in [0.2, 0.25) is 0 Å². The summed E-state index contributed by atoms with van der Waals surface area (Å²) in [6, 6.07) is 4.13. The standard InChI is InChI=1S/C21H19Cl2F3N4O2/c1-11-9-17(21(24,25)26)28-30-12(2)16(27-19(11)30)10-14-15(22)4-3-13(18(14)23)20(31)29-5-7-32-8-6-29/h3-4,9H,5-8,10H2,1-2H3. The molecule has 1 fully saturated rings. The summed E-state index contributed by atoms with van der Waals surface area (Å²) < 4.78 is 46.0. The van der Waals surface area contributed by atoms with E-state index in [0.717, 1.165) is 6.07 Å². The van der Waals surface area contributed by atoms with Crippen LogP contribution in [0.4, 0.5) is 13.2 Å². The van der Waals surface area contributed by atoms with Gasteiger partial charge in [0.1, 0.15) is 0 Å². The number of hydrogen-bond acceptors (Lipinski definition) is 4. The maximum absolute atomic E-state index is 13.2. The largest absolute Gasteiger partial charge is 0.435 e. The van der Waals surface area contributed by atoms with Crippen LogP contribution in [-0.4, -0.2) is 51.7 Å². The first-order valence-corrected chi connectivity index (χ1v) is 10.6. The Hall–Kier alpha value is -2.36. The smallest absolute Gasteiger partial charge is 0.378 e. The maximum atomic E-state index is 13.2. The van der Waals surface area contributed by atoms with Crippen molar-refractivity contribution in [3.8, 4) is 0 Å². The number of imidazole rings is 1. The number of hydrogen-bond donors (Lipinski definition) is 0. The number of morpholine rings is 1. The Morgan fingerprint density at radius 1 is 1.19 bits per heavy atom. The molecule has 0 unspecified atom stereocenters. The molecule has 0 spiro atoms. The minimum Gasteiger partial charge on any atom is -0.378 e. The molecule has 32 heavy (non-hydrogen) atoms. The fourth-order valence-electron chi connectivity index (χ4n) is 3.66. The SMILES string of the molecule is Cc1cc(C(F)(F)F)nn2c(C)c(Cc3c(Cl)ccc(C(=O)N4CCOCC4)c3Cl)nc12. The van der Waals surface area contributed by atoms with Crippen LogP contribution in [0.5, 0.6) is 0 Å². The predicted octanol–water partition coefficient (Wildman–Crippen LogP) is 4.73. The summed E-state index contributed by atoms with van der Waals surface area (Å²) in [5.74, 6) is -0.227. The van der Waals surface area contributed by atoms with Gasteiger partial charge in [-0.3, -0.25) is 4.79 Å². The van der Waals surface area contributed by atoms with Gasteiger partial charge in [0.05, 0.1) is 35.2 Å². The van der Waals surface area contributed by atoms with E-state index in [4.69, 9.17) is 27.9 Å². The zero-order valence-corrected chi connectivity index (χ0v) is 18.8. The molecular formula is C21H19Cl2F3N4O2. The summed E-state index contributed by atoms with van der Waals surface area (Å²) in [7, 11) is 0. The number of carbonyl (C=O) groups excluding carboxylic acids is 1. The van der Waals surface area contributed by atoms with Crippen LogP contribution in [0.25, 0.3) is 5.65 Å². The molecule has 0 saturated carbocycles. The number of carbonyl (C=O) groups is 1. The molecule has 1 aliphatic heterocycles. The van der Waals surface area contributed by atoms with E-state index in [1.165, 1.54) is 4.52 Å². The number of rotatable bonds is 3. The molecule has 1 aromatic carbocycles. The molecule has 1 aliphatic rings. The molecule has 1 saturated heterocycles. The van der Waals surface area contributed by atoms with Gasteiger partial charge in [-0.2, -0.15) is 18.3 Å². The zero-order chi connectivity index (χ0) is 23.2. The van der Waals surface area contributed by atoms with E-state index < -0.39 is 11.9 Å². The predicted molar refractivity (Wildman–Crippen MR) is 113 cm³/mol. The molecule has 0 radical (unpaired) electrons. The monoisotopic (exact) mass is 486 g/mol. The van der Waals surface area contributed by atoms with E-state index in [-0.39, 0.29) is 17.4 Å². The van der Waals surface area contributed by atoms with Crippen molar-refractivity contribution in [2.45, 2.75) is 26.4 Å². The van der Waals surface area contributed by atoms with Crippen LogP contribution in [0.2, 0.25) is 10.0 Å². The quantitative estimate of drug-likeness (QED) is 0.536. The average Bonchev–Trinajstić information content (AvgIpc) is 3.07. The summed E-state index contributed by atoms with van der Waals surface area (Å²) in [5, 5.41) is 4.25. The van der Waals surface area contributed by atoms with Crippen molar-refractivity contribution >= 4 is 34.8 Å². The first kappa shape index (κ1) is 22.8. The molecule has 0 aliphatic carbocycles. The van der Waals surface area contributed by atoms with Crippen LogP contribution >= 0.6 is 23.2 Å². The number of ether oxygens (including phenoxy) is 1. The molecule has 3 aromatic rings. The maximum Gasteiger partial charge on any atom is 0.435 e. The van der Waals surface area contributed by atoms with Gasteiger partial charge in [-0.1, -0.05) is 23.2 Å². The number of alkyl halides is 3. The van der Waals surface area contributed by atoms with Crippen LogP contribution in [0, 0.1) is 13.8 Å². The Labute approximate surface area is 191 Å². The number of aryl methyl sites for hydroxylation is 2. The average molecular weight is 487 g/mol. The van der Waals surface area contributed by atoms with Crippen LogP contribution in [0.1, 0.15) is 38.6 Å². The topological polar surface area (TPSA) is 59.7 Å². The Morgan fingerprint density at radius 2 is 1.88 bits per heavy atom. The zero-order valence-electron chi connectivity index (χ0n) is 17.3. The lowest BCUT2D eigenvalue weighted by Gasteiger charge is -2.27. The third-order valence-corrected chi connectivity index (χ3v) is 6.23. The lowest BCUT2D eigenvalue weighted by atomic mass is 10.0. The van der Waals surface area contributed by atoms with Crippen molar-refractivity contribution < 1.29 is 22.7 Å². The van der Waals surface area contributed by atoms with Gasteiger partial charge in [-0.05, 0) is 43.2 Å². The first-order chi connectivity index (χ1) is 15.1. The molecule has 6 nitrogen and oxygen atoms in total. The number of benzene rings is 1. The summed E-state index contributed by atoms with van der Waals surface area (Å²) in [4.78, 5) is 19.1. The van der Waals surface area contributed by atoms with Crippen molar-refractivity contribution in [1.82, 2.24) is 19.5 Å². The second-order valence-electron chi connectivity index (χ2n) is 7.56. The van der Waals surface area contributed by atoms with Crippen LogP contribution < -0.4 is 0 Å². The molecule has 2 aromatic heterocycles. The Balaban J connectivity index is 1.73. The van der Waals surface area contributed by atoms with Gasteiger partial charge in [0.25, 0.3) is 5.91 Å². The van der Waals surface area contributed by atoms with E-state index in [9.17, 15) is 18.0 Å². The van der Waals surface area contributed by atoms with E-state index in [0.29, 0.717) is 65.1 Å². The molecular weight excluding hydrogens is 468 g/mol. The summed E-state index contributed by atoms with van der Waals surface area (Å²) in [5.41, 5.74) is 1.36. The second kappa shape index (κ2) is 8.53. The molecule has 3 heterocycles. The first-order valence-electron chi connectivity index (χ1n) is 9.85. The van der Waals surface area contributed by atoms with Crippen LogP contribution in [-0.2, 0) is 17.3 Å². The van der Waals surface area contributed by atoms with E-state index in [2.05, 4.69) is 10.1 Å². The summed E-state index contributed by atoms with van der Waals surface area (Å²) in [6.45, 7) is 5.01. The summed E-state index contributed by atoms with van der Waals surface area (Å²) in [6.07, 6.45) is -4.44. The van der Waals surface area contributed by atoms with Gasteiger partial charge >= 0.3 is 6.18 Å². The molecule has 0 bridgehead atoms. The minimum absolute atomic E-state index is 0.137. The van der Waals surface area contributed by atoms with Gasteiger partial charge in [-0.25, -0.2) is 9.50 Å². The van der Waals surface area contributed by atoms with E-state index in [1.54, 1.807) is 30.9 Å². The van der Waals surface area contributed by atoms with Gasteiger partial charge < -0.3 is 9.64 Å². The third-order valence-electron chi connectivity index (χ3n) is 5.44. The normalized spacial score (nSPS) is 14.9. The van der Waals surface area contributed by atoms with Gasteiger partial charge in [0, 0.05) is 24.5 Å². The highest BCUT2D eigenvalue weighted by Gasteiger charge is 2.34. The van der Waals surface area contributed by atoms with Gasteiger partial charge in [0.15, 0.2) is 11.3 Å². The molecule has 11 heteroatoms. The number of halogens is 5. The minimum atomic E-state index is -4.57. The van der Waals surface area contributed by atoms with Crippen molar-refractivity contribution in [3.63, 3.8) is 0 Å². The Morgan fingerprint density at radius 3 is 2.53 bits per heavy atom. The van der Waals surface area contributed by atoms with Crippen molar-refractivity contribution in [3.05, 3.63) is 62.0 Å². The fraction of sp³-hybridized carbons (Fsp3) is 0.381. The number of aromatic nitrogens is 3. The van der Waals surface area contributed by atoms with E-state index >= 15 is 0 Å². The number of amides is 1. The summed E-state index contributed by atoms with van der Waals surface area (Å²) >= 11 is 13.0. The van der Waals surface area contributed by atoms with Gasteiger partial charge in [-0.15, -0.1) is 0 Å². The molecule has 0 N–H and O–H groups in total. The van der Waals surface area contributed by atoms with Crippen LogP contribution in [0.15, 0.2) is 18.2 Å².